The fourth-order valence-corrected chi connectivity index (χ4v) is 10.6. The first-order valence-electron chi connectivity index (χ1n) is 12.0. The van der Waals surface area contributed by atoms with Gasteiger partial charge in [-0.15, -0.1) is 11.5 Å². The van der Waals surface area contributed by atoms with Crippen LogP contribution in [0.3, 0.4) is 0 Å². The predicted octanol–water partition coefficient (Wildman–Crippen LogP) is 9.25. The van der Waals surface area contributed by atoms with Gasteiger partial charge in [0.15, 0.2) is 0 Å². The van der Waals surface area contributed by atoms with Gasteiger partial charge >= 0.3 is 0 Å². The average Bonchev–Trinajstić information content (AvgIpc) is 2.60. The molecule has 0 aromatic heterocycles. The van der Waals surface area contributed by atoms with Crippen LogP contribution in [0.5, 0.6) is 0 Å². The van der Waals surface area contributed by atoms with Crippen molar-refractivity contribution in [3.63, 3.8) is 0 Å². The number of rotatable bonds is 16. The highest BCUT2D eigenvalue weighted by atomic mass is 32.2. The lowest BCUT2D eigenvalue weighted by atomic mass is 10.1. The van der Waals surface area contributed by atoms with Crippen LogP contribution in [0.2, 0.25) is 16.6 Å². The normalized spacial score (nSPS) is 12.1. The van der Waals surface area contributed by atoms with Crippen LogP contribution in [0.15, 0.2) is 0 Å². The van der Waals surface area contributed by atoms with Gasteiger partial charge in [-0.1, -0.05) is 99.8 Å². The molecule has 0 aliphatic carbocycles. The first-order chi connectivity index (χ1) is 12.9. The zero-order valence-corrected chi connectivity index (χ0v) is 21.6. The van der Waals surface area contributed by atoms with Gasteiger partial charge in [-0.05, 0) is 41.0 Å². The summed E-state index contributed by atoms with van der Waals surface area (Å²) in [6.07, 6.45) is 15.3. The minimum atomic E-state index is -1.50. The van der Waals surface area contributed by atoms with Gasteiger partial charge < -0.3 is 0 Å². The zero-order chi connectivity index (χ0) is 20.5. The molecule has 0 saturated carbocycles. The van der Waals surface area contributed by atoms with Crippen LogP contribution < -0.4 is 0 Å². The summed E-state index contributed by atoms with van der Waals surface area (Å²) in [7, 11) is -1.50. The topological polar surface area (TPSA) is 0 Å². The Morgan fingerprint density at radius 2 is 1.04 bits per heavy atom. The standard InChI is InChI=1S/C25H50SSi/c1-8-26-21-19-17-15-13-11-9-10-12-14-16-18-20-22-27(23(2)3,24(4)5)25(6)7/h23-25H,8-19,21H2,1-7H3. The SMILES string of the molecule is CCSCCCCCCCCCCCCC#C[Si](C(C)C)(C(C)C)C(C)C. The van der Waals surface area contributed by atoms with Crippen LogP contribution in [0.4, 0.5) is 0 Å². The summed E-state index contributed by atoms with van der Waals surface area (Å²) in [5, 5.41) is 0. The molecule has 0 aromatic rings. The molecule has 0 aliphatic heterocycles. The van der Waals surface area contributed by atoms with Crippen LogP contribution in [0.1, 0.15) is 119 Å². The molecule has 0 unspecified atom stereocenters. The molecule has 0 spiro atoms. The van der Waals surface area contributed by atoms with E-state index in [1.807, 2.05) is 0 Å². The molecule has 0 heterocycles. The third-order valence-corrected chi connectivity index (χ3v) is 13.5. The number of unbranched alkanes of at least 4 members (excludes halogenated alkanes) is 10. The Balaban J connectivity index is 3.76. The molecular weight excluding hydrogens is 360 g/mol. The third kappa shape index (κ3) is 11.7. The van der Waals surface area contributed by atoms with E-state index in [1.54, 1.807) is 0 Å². The fourth-order valence-electron chi connectivity index (χ4n) is 4.62. The summed E-state index contributed by atoms with van der Waals surface area (Å²) in [4.78, 5) is 0. The molecule has 0 N–H and O–H groups in total. The maximum Gasteiger partial charge on any atom is 0.145 e. The molecule has 0 aliphatic rings. The molecular formula is C25H50SSi. The van der Waals surface area contributed by atoms with Gasteiger partial charge in [0.25, 0.3) is 0 Å². The third-order valence-electron chi connectivity index (χ3n) is 6.22. The smallest absolute Gasteiger partial charge is 0.145 e. The molecule has 0 aromatic carbocycles. The maximum absolute atomic E-state index is 3.86. The van der Waals surface area contributed by atoms with Crippen molar-refractivity contribution in [1.29, 1.82) is 0 Å². The fraction of sp³-hybridized carbons (Fsp3) is 0.920. The average molecular weight is 411 g/mol. The van der Waals surface area contributed by atoms with Crippen LogP contribution in [0, 0.1) is 11.5 Å². The number of hydrogen-bond donors (Lipinski definition) is 0. The van der Waals surface area contributed by atoms with Crippen molar-refractivity contribution in [3.8, 4) is 11.5 Å². The van der Waals surface area contributed by atoms with E-state index in [9.17, 15) is 0 Å². The van der Waals surface area contributed by atoms with E-state index in [-0.39, 0.29) is 0 Å². The summed E-state index contributed by atoms with van der Waals surface area (Å²) >= 11 is 2.09. The van der Waals surface area contributed by atoms with Gasteiger partial charge in [0, 0.05) is 6.42 Å². The van der Waals surface area contributed by atoms with Crippen LogP contribution in [-0.4, -0.2) is 19.6 Å². The Hall–Kier alpha value is 0.127. The highest BCUT2D eigenvalue weighted by molar-refractivity contribution is 7.99. The van der Waals surface area contributed by atoms with Gasteiger partial charge in [-0.2, -0.15) is 11.8 Å². The molecule has 2 heteroatoms. The molecule has 0 bridgehead atoms. The predicted molar refractivity (Wildman–Crippen MR) is 133 cm³/mol. The lowest BCUT2D eigenvalue weighted by Gasteiger charge is -2.38. The first-order valence-corrected chi connectivity index (χ1v) is 15.4. The van der Waals surface area contributed by atoms with Crippen molar-refractivity contribution < 1.29 is 0 Å². The lowest BCUT2D eigenvalue weighted by Crippen LogP contribution is -2.43. The van der Waals surface area contributed by atoms with E-state index in [0.717, 1.165) is 23.0 Å². The summed E-state index contributed by atoms with van der Waals surface area (Å²) < 4.78 is 0. The molecule has 0 saturated heterocycles. The van der Waals surface area contributed by atoms with Crippen molar-refractivity contribution >= 4 is 19.8 Å². The largest absolute Gasteiger partial charge is 0.162 e. The molecule has 160 valence electrons. The van der Waals surface area contributed by atoms with Crippen LogP contribution >= 0.6 is 11.8 Å². The Bertz CT molecular complexity index is 367. The van der Waals surface area contributed by atoms with E-state index in [0.29, 0.717) is 0 Å². The minimum absolute atomic E-state index is 0.760. The van der Waals surface area contributed by atoms with E-state index in [1.165, 1.54) is 75.7 Å². The first kappa shape index (κ1) is 27.1. The molecule has 0 nitrogen and oxygen atoms in total. The molecule has 27 heavy (non-hydrogen) atoms. The molecule has 0 rings (SSSR count). The van der Waals surface area contributed by atoms with Gasteiger partial charge in [0.05, 0.1) is 0 Å². The highest BCUT2D eigenvalue weighted by Crippen LogP contribution is 2.40. The Labute approximate surface area is 178 Å². The molecule has 0 amide bonds. The molecule has 0 fully saturated rings. The second-order valence-corrected chi connectivity index (χ2v) is 16.2. The van der Waals surface area contributed by atoms with Gasteiger partial charge in [-0.3, -0.25) is 0 Å². The van der Waals surface area contributed by atoms with Crippen molar-refractivity contribution in [1.82, 2.24) is 0 Å². The molecule has 0 atom stereocenters. The number of thioether (sulfide) groups is 1. The Kier molecular flexibility index (Phi) is 17.1. The lowest BCUT2D eigenvalue weighted by molar-refractivity contribution is 0.559. The summed E-state index contributed by atoms with van der Waals surface area (Å²) in [6.45, 7) is 16.7. The van der Waals surface area contributed by atoms with Crippen molar-refractivity contribution in [2.45, 2.75) is 136 Å². The second-order valence-electron chi connectivity index (χ2n) is 9.18. The summed E-state index contributed by atoms with van der Waals surface area (Å²) in [6, 6.07) is 0. The quantitative estimate of drug-likeness (QED) is 0.139. The summed E-state index contributed by atoms with van der Waals surface area (Å²) in [5.74, 6) is 6.27. The van der Waals surface area contributed by atoms with Gasteiger partial charge in [0.1, 0.15) is 8.07 Å². The zero-order valence-electron chi connectivity index (χ0n) is 19.8. The van der Waals surface area contributed by atoms with E-state index in [4.69, 9.17) is 0 Å². The monoisotopic (exact) mass is 410 g/mol. The van der Waals surface area contributed by atoms with E-state index < -0.39 is 8.07 Å². The Morgan fingerprint density at radius 3 is 1.44 bits per heavy atom. The van der Waals surface area contributed by atoms with Crippen LogP contribution in [-0.2, 0) is 0 Å². The van der Waals surface area contributed by atoms with Crippen LogP contribution in [0.25, 0.3) is 0 Å². The minimum Gasteiger partial charge on any atom is -0.162 e. The molecule has 0 radical (unpaired) electrons. The highest BCUT2D eigenvalue weighted by Gasteiger charge is 2.41. The second kappa shape index (κ2) is 17.0. The van der Waals surface area contributed by atoms with Gasteiger partial charge in [0.2, 0.25) is 0 Å². The van der Waals surface area contributed by atoms with Gasteiger partial charge in [-0.25, -0.2) is 0 Å². The summed E-state index contributed by atoms with van der Waals surface area (Å²) in [5.41, 5.74) is 6.14. The van der Waals surface area contributed by atoms with Crippen molar-refractivity contribution in [2.75, 3.05) is 11.5 Å². The van der Waals surface area contributed by atoms with E-state index in [2.05, 4.69) is 71.7 Å². The maximum atomic E-state index is 3.86. The van der Waals surface area contributed by atoms with Crippen molar-refractivity contribution in [3.05, 3.63) is 0 Å². The number of hydrogen-bond acceptors (Lipinski definition) is 1. The van der Waals surface area contributed by atoms with E-state index >= 15 is 0 Å². The van der Waals surface area contributed by atoms with Crippen molar-refractivity contribution in [2.24, 2.45) is 0 Å². The Morgan fingerprint density at radius 1 is 0.630 bits per heavy atom.